The summed E-state index contributed by atoms with van der Waals surface area (Å²) >= 11 is 6.15. The molecule has 0 saturated carbocycles. The smallest absolute Gasteiger partial charge is 0.489 e. The summed E-state index contributed by atoms with van der Waals surface area (Å²) in [6, 6.07) is 12.4. The van der Waals surface area contributed by atoms with E-state index in [0.29, 0.717) is 41.5 Å². The van der Waals surface area contributed by atoms with Crippen molar-refractivity contribution in [2.45, 2.75) is 212 Å². The molecule has 0 saturated heterocycles. The van der Waals surface area contributed by atoms with Gasteiger partial charge >= 0.3 is 324 Å². The van der Waals surface area contributed by atoms with Crippen LogP contribution < -0.4 is 37.7 Å². The first-order valence-electron chi connectivity index (χ1n) is 30.6. The topological polar surface area (TPSA) is 172 Å². The van der Waals surface area contributed by atoms with Crippen molar-refractivity contribution in [3.8, 4) is 0 Å². The Balaban J connectivity index is 1.25. The van der Waals surface area contributed by atoms with Crippen molar-refractivity contribution in [3.63, 3.8) is 0 Å². The first-order chi connectivity index (χ1) is 38.3. The van der Waals surface area contributed by atoms with E-state index in [1.54, 1.807) is 28.7 Å². The first-order valence-corrected chi connectivity index (χ1v) is 41.9. The number of unbranched alkanes of at least 4 members (excludes halogenated alkanes) is 18. The minimum absolute atomic E-state index is 0.0638. The summed E-state index contributed by atoms with van der Waals surface area (Å²) < 4.78 is 49.6. The zero-order valence-corrected chi connectivity index (χ0v) is 55.0. The summed E-state index contributed by atoms with van der Waals surface area (Å²) in [5.41, 5.74) is 39.1. The van der Waals surface area contributed by atoms with Crippen molar-refractivity contribution in [2.24, 2.45) is 28.7 Å². The van der Waals surface area contributed by atoms with E-state index in [9.17, 15) is 5.41 Å². The average molecular weight is 1200 g/mol. The van der Waals surface area contributed by atoms with Gasteiger partial charge in [0.1, 0.15) is 0 Å². The molecule has 442 valence electrons. The van der Waals surface area contributed by atoms with E-state index in [4.69, 9.17) is 38.1 Å². The van der Waals surface area contributed by atoms with Crippen molar-refractivity contribution in [2.75, 3.05) is 13.2 Å². The van der Waals surface area contributed by atoms with E-state index in [2.05, 4.69) is 65.3 Å². The molecule has 0 spiro atoms. The number of hydrogen-bond donors (Lipinski definition) is 6. The molecule has 8 nitrogen and oxygen atoms in total. The van der Waals surface area contributed by atoms with Crippen LogP contribution in [0.15, 0.2) is 83.9 Å². The monoisotopic (exact) mass is 1200 g/mol. The summed E-state index contributed by atoms with van der Waals surface area (Å²) in [6.07, 6.45) is 27.0. The van der Waals surface area contributed by atoms with Gasteiger partial charge in [-0.1, -0.05) is 129 Å². The molecule has 4 aromatic heterocycles. The van der Waals surface area contributed by atoms with Crippen LogP contribution in [0.3, 0.4) is 0 Å². The van der Waals surface area contributed by atoms with Gasteiger partial charge in [-0.15, -0.1) is 0 Å². The molecule has 0 radical (unpaired) electrons. The number of rotatable bonds is 32. The Morgan fingerprint density at radius 2 is 0.775 bits per heavy atom. The molecule has 80 heavy (non-hydrogen) atoms. The van der Waals surface area contributed by atoms with Crippen LogP contribution >= 0.6 is 45.3 Å². The van der Waals surface area contributed by atoms with Crippen molar-refractivity contribution in [1.29, 1.82) is 5.41 Å². The molecule has 3 aliphatic carbocycles. The van der Waals surface area contributed by atoms with E-state index in [0.717, 1.165) is 78.9 Å². The zero-order valence-electron chi connectivity index (χ0n) is 49.5. The van der Waals surface area contributed by atoms with Crippen LogP contribution in [0, 0.1) is 5.41 Å². The molecule has 5 unspecified atom stereocenters. The van der Waals surface area contributed by atoms with Crippen LogP contribution in [0.25, 0.3) is 33.4 Å². The summed E-state index contributed by atoms with van der Waals surface area (Å²) in [4.78, 5) is 4.76. The predicted octanol–water partition coefficient (Wildman–Crippen LogP) is 15.7. The van der Waals surface area contributed by atoms with E-state index in [1.807, 2.05) is 36.4 Å². The SMILES string of the molecule is CCCCCCCCCCCCOC1=C(c2ccc(C3=CC(F)=C(c4ccc([SiH-](C)(C)C)s4)C(=N)C3N)s2)C(N)C(N)C(c2ccc(C3=CC(F)=C(c4ccc([SiH-](C)(C)C)s4)C(N)C3N)s2)=C1OCCCCCCCCCCCC. The van der Waals surface area contributed by atoms with Crippen molar-refractivity contribution < 1.29 is 18.3 Å². The van der Waals surface area contributed by atoms with Crippen molar-refractivity contribution >= 4 is 110 Å². The van der Waals surface area contributed by atoms with E-state index in [-0.39, 0.29) is 17.1 Å². The Hall–Kier alpha value is -3.40. The van der Waals surface area contributed by atoms with Crippen LogP contribution in [0.5, 0.6) is 0 Å². The van der Waals surface area contributed by atoms with Gasteiger partial charge in [-0.25, -0.2) is 0 Å². The Morgan fingerprint density at radius 3 is 1.21 bits per heavy atom. The number of hydrogen-bond acceptors (Lipinski definition) is 12. The third kappa shape index (κ3) is 16.1. The number of allylic oxidation sites excluding steroid dienone is 4. The maximum absolute atomic E-state index is 16.5. The Labute approximate surface area is 496 Å². The number of thiophene rings is 4. The van der Waals surface area contributed by atoms with Crippen molar-refractivity contribution in [1.82, 2.24) is 0 Å². The van der Waals surface area contributed by atoms with Crippen LogP contribution in [-0.2, 0) is 9.47 Å². The second kappa shape index (κ2) is 29.9. The number of halogens is 2. The van der Waals surface area contributed by atoms with Gasteiger partial charge in [-0.3, -0.25) is 0 Å². The molecule has 3 aliphatic rings. The second-order valence-corrected chi connectivity index (χ2v) is 42.0. The predicted molar refractivity (Wildman–Crippen MR) is 355 cm³/mol. The fraction of sp³-hybridized carbons (Fsp3) is 0.547. The zero-order chi connectivity index (χ0) is 57.7. The molecule has 4 aromatic rings. The Bertz CT molecular complexity index is 2910. The van der Waals surface area contributed by atoms with E-state index >= 15 is 8.78 Å². The number of nitrogens with two attached hydrogens (primary N) is 5. The average Bonchev–Trinajstić information content (AvgIpc) is 4.37. The quantitative estimate of drug-likeness (QED) is 0.0209. The molecule has 0 amide bonds. The summed E-state index contributed by atoms with van der Waals surface area (Å²) in [7, 11) is -3.88. The fourth-order valence-electron chi connectivity index (χ4n) is 11.0. The molecule has 16 heteroatoms. The molecule has 0 aromatic carbocycles. The minimum Gasteiger partial charge on any atom is -0.489 e. The van der Waals surface area contributed by atoms with Gasteiger partial charge in [0, 0.05) is 0 Å². The van der Waals surface area contributed by atoms with Crippen LogP contribution in [0.1, 0.15) is 172 Å². The molecule has 5 atom stereocenters. The van der Waals surface area contributed by atoms with Gasteiger partial charge in [-0.2, -0.15) is 0 Å². The summed E-state index contributed by atoms with van der Waals surface area (Å²) in [6.45, 7) is 19.3. The Morgan fingerprint density at radius 1 is 0.425 bits per heavy atom. The number of nitrogens with one attached hydrogen (secondary N) is 1. The molecule has 4 heterocycles. The van der Waals surface area contributed by atoms with Gasteiger partial charge in [0.15, 0.2) is 0 Å². The standard InChI is InChI=1S/C64H96F2N6O2S4Si2/c1-9-11-13-15-17-19-21-23-25-27-37-73-63-55(49-31-29-45(75-49)41-39-43(65)53(59(69)57(41)67)47-33-35-51(77-47)79(3,4)5)61(71)62(72)56(64(63)74-38-28-26-24-22-20-18-16-14-12-10-2)50-32-30-46(76-50)42-40-44(66)54(60(70)58(42)68)48-34-36-52(78-48)80(6,7)8/h29-36,39-40,57-59,61-62,70,79-80H,9-28,37-38,67-69,71-72H2,1-8H3/q-2. The first kappa shape index (κ1) is 64.2. The molecule has 11 N–H and O–H groups in total. The maximum atomic E-state index is 16.5. The van der Waals surface area contributed by atoms with Crippen LogP contribution in [-0.4, -0.2) is 65.3 Å². The van der Waals surface area contributed by atoms with Crippen LogP contribution in [0.2, 0.25) is 39.3 Å². The van der Waals surface area contributed by atoms with Crippen molar-refractivity contribution in [3.05, 3.63) is 113 Å². The van der Waals surface area contributed by atoms with Gasteiger partial charge in [0.2, 0.25) is 0 Å². The summed E-state index contributed by atoms with van der Waals surface area (Å²) in [5, 5.41) is 9.23. The molecule has 0 aliphatic heterocycles. The minimum atomic E-state index is -1.95. The van der Waals surface area contributed by atoms with Crippen LogP contribution in [0.4, 0.5) is 8.78 Å². The van der Waals surface area contributed by atoms with E-state index in [1.165, 1.54) is 128 Å². The van der Waals surface area contributed by atoms with Gasteiger partial charge < -0.3 is 20.9 Å². The third-order valence-corrected chi connectivity index (χ3v) is 29.0. The van der Waals surface area contributed by atoms with Gasteiger partial charge in [0.25, 0.3) is 0 Å². The molecular formula is C64H96F2N6O2S4Si2-2. The van der Waals surface area contributed by atoms with E-state index < -0.39 is 52.2 Å². The molecule has 0 bridgehead atoms. The number of ether oxygens (including phenoxy) is 2. The second-order valence-electron chi connectivity index (χ2n) is 25.2. The summed E-state index contributed by atoms with van der Waals surface area (Å²) in [5.74, 6) is 0.301. The van der Waals surface area contributed by atoms with Gasteiger partial charge in [0.05, 0.1) is 13.2 Å². The molecule has 0 fully saturated rings. The molecule has 7 rings (SSSR count). The normalized spacial score (nSPS) is 20.8. The third-order valence-electron chi connectivity index (χ3n) is 16.1. The van der Waals surface area contributed by atoms with Gasteiger partial charge in [-0.05, 0) is 12.8 Å². The fourth-order valence-corrected chi connectivity index (χ4v) is 20.0. The molecular weight excluding hydrogens is 1110 g/mol. The Kier molecular flexibility index (Phi) is 24.0.